The van der Waals surface area contributed by atoms with Crippen LogP contribution < -0.4 is 32.5 Å². The minimum absolute atomic E-state index is 0.103. The number of nitrogens with zero attached hydrogens (tertiary/aromatic N) is 6. The van der Waals surface area contributed by atoms with E-state index >= 15 is 0 Å². The van der Waals surface area contributed by atoms with E-state index in [1.54, 1.807) is 0 Å². The van der Waals surface area contributed by atoms with Crippen LogP contribution in [-0.2, 0) is 0 Å². The summed E-state index contributed by atoms with van der Waals surface area (Å²) in [5.74, 6) is -0.103. The highest BCUT2D eigenvalue weighted by molar-refractivity contribution is 7.20. The zero-order chi connectivity index (χ0) is 45.4. The summed E-state index contributed by atoms with van der Waals surface area (Å²) in [4.78, 5) is 15.0. The summed E-state index contributed by atoms with van der Waals surface area (Å²) in [6, 6.07) is 71.8. The number of para-hydroxylation sites is 2. The lowest BCUT2D eigenvalue weighted by Gasteiger charge is -2.25. The molecule has 0 bridgehead atoms. The Morgan fingerprint density at radius 2 is 0.955 bits per heavy atom. The van der Waals surface area contributed by atoms with Gasteiger partial charge in [0.1, 0.15) is 21.7 Å². The first-order valence-corrected chi connectivity index (χ1v) is 24.0. The van der Waals surface area contributed by atoms with E-state index in [0.717, 1.165) is 80.7 Å². The standard InChI is InChI=1S/C57H40B2N6S2/c1-38(2)52-49-50(54(44(37-60)56-62-45-33-19-21-35-47(45)66-56)64(52)58(40-25-11-5-12-26-40)41-27-13-6-14-28-41)53(39-23-9-4-10-24-39)65(59(42-29-15-7-16-30-42)43-31-17-8-18-32-43)55(49)51(61-3)57-63-46-34-20-22-36-48(46)67-57/h4-36,38H,1-2H3/b54-44-,55-51+. The van der Waals surface area contributed by atoms with Crippen molar-refractivity contribution >= 4 is 101 Å². The number of hydrogen-bond donors (Lipinski definition) is 0. The van der Waals surface area contributed by atoms with E-state index in [1.807, 2.05) is 66.7 Å². The largest absolute Gasteiger partial charge is 0.384 e. The Labute approximate surface area is 397 Å². The van der Waals surface area contributed by atoms with E-state index in [4.69, 9.17) is 9.97 Å². The molecule has 0 amide bonds. The molecular weight excluding hydrogens is 854 g/mol. The molecule has 0 unspecified atom stereocenters. The lowest BCUT2D eigenvalue weighted by molar-refractivity contribution is 0.810. The van der Waals surface area contributed by atoms with Gasteiger partial charge in [-0.1, -0.05) is 212 Å². The summed E-state index contributed by atoms with van der Waals surface area (Å²) in [6.07, 6.45) is 0. The fourth-order valence-corrected chi connectivity index (χ4v) is 11.7. The van der Waals surface area contributed by atoms with Gasteiger partial charge < -0.3 is 8.96 Å². The first-order chi connectivity index (χ1) is 33.0. The predicted molar refractivity (Wildman–Crippen MR) is 282 cm³/mol. The maximum atomic E-state index is 11.9. The van der Waals surface area contributed by atoms with Crippen LogP contribution in [0.25, 0.3) is 58.6 Å². The molecule has 0 aliphatic carbocycles. The van der Waals surface area contributed by atoms with Crippen molar-refractivity contribution < 1.29 is 0 Å². The van der Waals surface area contributed by atoms with E-state index in [2.05, 4.69) is 167 Å². The van der Waals surface area contributed by atoms with E-state index in [-0.39, 0.29) is 12.8 Å². The number of benzene rings is 7. The molecule has 0 radical (unpaired) electrons. The zero-order valence-electron chi connectivity index (χ0n) is 36.8. The molecule has 0 fully saturated rings. The molecule has 4 heterocycles. The van der Waals surface area contributed by atoms with Crippen molar-refractivity contribution in [1.82, 2.24) is 18.9 Å². The number of thiazole rings is 2. The number of fused-ring (bicyclic) bond motifs is 3. The maximum Gasteiger partial charge on any atom is 0.327 e. The smallest absolute Gasteiger partial charge is 0.327 e. The summed E-state index contributed by atoms with van der Waals surface area (Å²) < 4.78 is 6.83. The average Bonchev–Trinajstić information content (AvgIpc) is 4.16. The molecule has 6 nitrogen and oxygen atoms in total. The first-order valence-electron chi connectivity index (χ1n) is 22.3. The maximum absolute atomic E-state index is 11.9. The molecule has 0 N–H and O–H groups in total. The van der Waals surface area contributed by atoms with Crippen LogP contribution in [0.1, 0.15) is 35.5 Å². The quantitative estimate of drug-likeness (QED) is 0.102. The van der Waals surface area contributed by atoms with Gasteiger partial charge in [-0.15, -0.1) is 22.7 Å². The third-order valence-corrected chi connectivity index (χ3v) is 14.6. The number of hydrogen-bond acceptors (Lipinski definition) is 5. The molecule has 316 valence electrons. The van der Waals surface area contributed by atoms with Crippen molar-refractivity contribution in [3.8, 4) is 17.3 Å². The van der Waals surface area contributed by atoms with Crippen LogP contribution in [0, 0.1) is 17.9 Å². The Morgan fingerprint density at radius 3 is 1.40 bits per heavy atom. The molecule has 0 aliphatic heterocycles. The third kappa shape index (κ3) is 7.28. The fraction of sp³-hybridized carbons (Fsp3) is 0.0526. The molecule has 0 aliphatic rings. The highest BCUT2D eigenvalue weighted by atomic mass is 32.1. The highest BCUT2D eigenvalue weighted by Gasteiger charge is 2.37. The Balaban J connectivity index is 1.49. The summed E-state index contributed by atoms with van der Waals surface area (Å²) in [7, 11) is 0. The normalized spacial score (nSPS) is 12.3. The molecule has 11 rings (SSSR count). The Bertz CT molecular complexity index is 3570. The minimum Gasteiger partial charge on any atom is -0.384 e. The molecule has 0 saturated heterocycles. The van der Waals surface area contributed by atoms with Gasteiger partial charge in [0.2, 0.25) is 5.70 Å². The second-order valence-corrected chi connectivity index (χ2v) is 18.9. The second kappa shape index (κ2) is 17.8. The van der Waals surface area contributed by atoms with E-state index in [1.165, 1.54) is 22.7 Å². The molecular formula is C57H40B2N6S2. The topological polar surface area (TPSA) is 63.8 Å². The summed E-state index contributed by atoms with van der Waals surface area (Å²) in [5.41, 5.74) is 9.71. The molecule has 0 saturated carbocycles. The minimum atomic E-state index is -0.403. The van der Waals surface area contributed by atoms with Gasteiger partial charge in [-0.3, -0.25) is 0 Å². The van der Waals surface area contributed by atoms with Crippen molar-refractivity contribution in [2.75, 3.05) is 0 Å². The van der Waals surface area contributed by atoms with Crippen molar-refractivity contribution in [2.24, 2.45) is 0 Å². The van der Waals surface area contributed by atoms with Gasteiger partial charge in [0.25, 0.3) is 0 Å². The highest BCUT2D eigenvalue weighted by Crippen LogP contribution is 2.36. The van der Waals surface area contributed by atoms with Crippen LogP contribution in [0.2, 0.25) is 0 Å². The van der Waals surface area contributed by atoms with Gasteiger partial charge in [0, 0.05) is 27.5 Å². The Morgan fingerprint density at radius 1 is 0.537 bits per heavy atom. The lowest BCUT2D eigenvalue weighted by atomic mass is 9.50. The summed E-state index contributed by atoms with van der Waals surface area (Å²) in [5, 5.41) is 16.5. The molecule has 10 heteroatoms. The van der Waals surface area contributed by atoms with Gasteiger partial charge in [-0.25, -0.2) is 14.8 Å². The molecule has 4 aromatic heterocycles. The van der Waals surface area contributed by atoms with Crippen LogP contribution in [0.5, 0.6) is 0 Å². The average molecular weight is 895 g/mol. The van der Waals surface area contributed by atoms with Gasteiger partial charge in [-0.2, -0.15) is 5.26 Å². The number of rotatable bonds is 10. The van der Waals surface area contributed by atoms with E-state index in [0.29, 0.717) is 21.3 Å². The van der Waals surface area contributed by atoms with Gasteiger partial charge in [0.15, 0.2) is 0 Å². The Kier molecular flexibility index (Phi) is 11.0. The van der Waals surface area contributed by atoms with Gasteiger partial charge in [-0.05, 0) is 35.7 Å². The van der Waals surface area contributed by atoms with Gasteiger partial charge >= 0.3 is 13.7 Å². The monoisotopic (exact) mass is 894 g/mol. The number of nitriles is 1. The lowest BCUT2D eigenvalue weighted by Crippen LogP contribution is -2.54. The fourth-order valence-electron chi connectivity index (χ4n) is 9.76. The summed E-state index contributed by atoms with van der Waals surface area (Å²) >= 11 is 3.07. The van der Waals surface area contributed by atoms with Crippen molar-refractivity contribution in [1.29, 1.82) is 5.26 Å². The predicted octanol–water partition coefficient (Wildman–Crippen LogP) is 9.56. The molecule has 11 aromatic rings. The molecule has 0 atom stereocenters. The van der Waals surface area contributed by atoms with Crippen LogP contribution in [0.3, 0.4) is 0 Å². The second-order valence-electron chi connectivity index (χ2n) is 16.8. The molecule has 7 aromatic carbocycles. The number of aromatic nitrogens is 4. The van der Waals surface area contributed by atoms with E-state index in [9.17, 15) is 11.8 Å². The Hall–Kier alpha value is -8.01. The van der Waals surface area contributed by atoms with Crippen LogP contribution in [0.15, 0.2) is 200 Å². The summed E-state index contributed by atoms with van der Waals surface area (Å²) in [6.45, 7) is 13.0. The van der Waals surface area contributed by atoms with Crippen molar-refractivity contribution in [3.05, 3.63) is 238 Å². The third-order valence-electron chi connectivity index (χ3n) is 12.5. The molecule has 67 heavy (non-hydrogen) atoms. The van der Waals surface area contributed by atoms with Gasteiger partial charge in [0.05, 0.1) is 32.4 Å². The van der Waals surface area contributed by atoms with Crippen molar-refractivity contribution in [2.45, 2.75) is 19.8 Å². The zero-order valence-corrected chi connectivity index (χ0v) is 38.4. The van der Waals surface area contributed by atoms with Crippen LogP contribution in [0.4, 0.5) is 0 Å². The van der Waals surface area contributed by atoms with Crippen LogP contribution in [-0.4, -0.2) is 32.6 Å². The SMILES string of the molecule is [C-]#[N+]/C(c1nc2ccccc2s1)=c1\c2c(C(C)C)n(B(c3ccccc3)c3ccccc3)/c(=C(/C#N)c3nc4ccccc4s3)c2c(-c2ccccc2)n1B(c1ccccc1)c1ccccc1. The first kappa shape index (κ1) is 41.7. The van der Waals surface area contributed by atoms with Crippen LogP contribution >= 0.6 is 22.7 Å². The van der Waals surface area contributed by atoms with E-state index < -0.39 is 6.85 Å². The molecule has 0 spiro atoms. The van der Waals surface area contributed by atoms with Crippen molar-refractivity contribution in [3.63, 3.8) is 0 Å².